The topological polar surface area (TPSA) is 47.9 Å². The number of nitrogens with one attached hydrogen (secondary N) is 1. The fourth-order valence-corrected chi connectivity index (χ4v) is 6.36. The molecule has 1 saturated carbocycles. The second-order valence-electron chi connectivity index (χ2n) is 8.52. The zero-order valence-electron chi connectivity index (χ0n) is 17.7. The Bertz CT molecular complexity index is 1000. The van der Waals surface area contributed by atoms with Crippen molar-refractivity contribution in [1.82, 2.24) is 15.2 Å². The molecule has 5 rings (SSSR count). The fourth-order valence-electron chi connectivity index (χ4n) is 4.99. The molecule has 1 saturated heterocycles. The van der Waals surface area contributed by atoms with E-state index >= 15 is 0 Å². The van der Waals surface area contributed by atoms with Gasteiger partial charge in [0.1, 0.15) is 5.82 Å². The molecule has 2 aromatic carbocycles. The van der Waals surface area contributed by atoms with Gasteiger partial charge in [-0.15, -0.1) is 0 Å². The molecule has 1 amide bonds. The fraction of sp³-hybridized carbons (Fsp3) is 0.417. The monoisotopic (exact) mass is 472 g/mol. The van der Waals surface area contributed by atoms with Gasteiger partial charge in [0.05, 0.1) is 5.92 Å². The molecule has 2 aliphatic heterocycles. The van der Waals surface area contributed by atoms with Crippen molar-refractivity contribution >= 4 is 34.4 Å². The van der Waals surface area contributed by atoms with E-state index in [1.54, 1.807) is 12.1 Å². The Morgan fingerprint density at radius 3 is 2.75 bits per heavy atom. The molecule has 3 atom stereocenters. The summed E-state index contributed by atoms with van der Waals surface area (Å²) in [6.07, 6.45) is 4.58. The highest BCUT2D eigenvalue weighted by atomic mass is 35.5. The third-order valence-corrected chi connectivity index (χ3v) is 7.98. The van der Waals surface area contributed by atoms with E-state index in [0.717, 1.165) is 37.3 Å². The van der Waals surface area contributed by atoms with Crippen LogP contribution in [0.25, 0.3) is 0 Å². The van der Waals surface area contributed by atoms with Crippen LogP contribution >= 0.6 is 23.4 Å². The van der Waals surface area contributed by atoms with Gasteiger partial charge in [0.15, 0.2) is 11.5 Å². The van der Waals surface area contributed by atoms with E-state index in [0.29, 0.717) is 22.9 Å². The van der Waals surface area contributed by atoms with Crippen molar-refractivity contribution in [2.45, 2.75) is 50.2 Å². The first kappa shape index (κ1) is 21.6. The van der Waals surface area contributed by atoms with E-state index in [1.807, 2.05) is 23.1 Å². The zero-order valence-corrected chi connectivity index (χ0v) is 19.3. The van der Waals surface area contributed by atoms with E-state index in [4.69, 9.17) is 11.6 Å². The van der Waals surface area contributed by atoms with E-state index in [2.05, 4.69) is 27.6 Å². The number of benzene rings is 2. The predicted octanol–water partition coefficient (Wildman–Crippen LogP) is 4.82. The molecule has 3 unspecified atom stereocenters. The normalized spacial score (nSPS) is 24.6. The first-order valence-corrected chi connectivity index (χ1v) is 12.5. The quantitative estimate of drug-likeness (QED) is 0.678. The van der Waals surface area contributed by atoms with Gasteiger partial charge in [0.2, 0.25) is 5.91 Å². The molecule has 0 aromatic heterocycles. The van der Waals surface area contributed by atoms with Gasteiger partial charge in [-0.3, -0.25) is 10.2 Å². The summed E-state index contributed by atoms with van der Waals surface area (Å²) in [4.78, 5) is 17.6. The Kier molecular flexibility index (Phi) is 6.28. The van der Waals surface area contributed by atoms with Gasteiger partial charge in [0.25, 0.3) is 0 Å². The predicted molar refractivity (Wildman–Crippen MR) is 127 cm³/mol. The van der Waals surface area contributed by atoms with Crippen LogP contribution in [0, 0.1) is 11.7 Å². The standard InChI is InChI=1S/C24H26ClFN4OS/c25-19-10-6-11-20(26)18(19)15-32-24-28-27-23-29(14-13-16-7-2-1-3-8-16)22(31)17-9-4-5-12-21(17)30(23)24/h1-3,6-8,10-11,17,21,23,27H,4-5,9,12-15H2. The summed E-state index contributed by atoms with van der Waals surface area (Å²) in [5.74, 6) is 0.295. The lowest BCUT2D eigenvalue weighted by molar-refractivity contribution is -0.155. The summed E-state index contributed by atoms with van der Waals surface area (Å²) >= 11 is 7.71. The molecule has 0 bridgehead atoms. The van der Waals surface area contributed by atoms with Crippen LogP contribution in [0.3, 0.4) is 0 Å². The number of fused-ring (bicyclic) bond motifs is 3. The summed E-state index contributed by atoms with van der Waals surface area (Å²) in [7, 11) is 0. The maximum Gasteiger partial charge on any atom is 0.230 e. The smallest absolute Gasteiger partial charge is 0.230 e. The Hall–Kier alpha value is -2.25. The van der Waals surface area contributed by atoms with Crippen LogP contribution < -0.4 is 5.43 Å². The molecule has 5 nitrogen and oxygen atoms in total. The highest BCUT2D eigenvalue weighted by molar-refractivity contribution is 8.13. The summed E-state index contributed by atoms with van der Waals surface area (Å²) in [5.41, 5.74) is 4.89. The third-order valence-electron chi connectivity index (χ3n) is 6.63. The molecule has 3 aliphatic rings. The van der Waals surface area contributed by atoms with Crippen molar-refractivity contribution in [3.63, 3.8) is 0 Å². The molecule has 0 spiro atoms. The number of amidine groups is 1. The number of carbonyl (C=O) groups is 1. The number of halogens is 2. The van der Waals surface area contributed by atoms with Gasteiger partial charge in [-0.05, 0) is 37.0 Å². The molecule has 168 valence electrons. The largest absolute Gasteiger partial charge is 0.307 e. The van der Waals surface area contributed by atoms with Crippen LogP contribution in [0.4, 0.5) is 4.39 Å². The van der Waals surface area contributed by atoms with Gasteiger partial charge >= 0.3 is 0 Å². The lowest BCUT2D eigenvalue weighted by atomic mass is 9.81. The van der Waals surface area contributed by atoms with Crippen molar-refractivity contribution in [3.05, 3.63) is 70.5 Å². The lowest BCUT2D eigenvalue weighted by Gasteiger charge is -2.50. The molecule has 32 heavy (non-hydrogen) atoms. The number of rotatable bonds is 5. The van der Waals surface area contributed by atoms with Crippen LogP contribution in [-0.2, 0) is 17.0 Å². The van der Waals surface area contributed by atoms with Crippen LogP contribution in [-0.4, -0.2) is 39.8 Å². The molecule has 2 fully saturated rings. The molecular weight excluding hydrogens is 447 g/mol. The Labute approximate surface area is 197 Å². The van der Waals surface area contributed by atoms with Gasteiger partial charge in [-0.25, -0.2) is 4.39 Å². The summed E-state index contributed by atoms with van der Waals surface area (Å²) in [6.45, 7) is 0.632. The Balaban J connectivity index is 1.35. The van der Waals surface area contributed by atoms with E-state index in [-0.39, 0.29) is 30.0 Å². The summed E-state index contributed by atoms with van der Waals surface area (Å²) in [6, 6.07) is 15.1. The minimum Gasteiger partial charge on any atom is -0.307 e. The second-order valence-corrected chi connectivity index (χ2v) is 9.87. The Morgan fingerprint density at radius 2 is 1.94 bits per heavy atom. The second kappa shape index (κ2) is 9.32. The van der Waals surface area contributed by atoms with Gasteiger partial charge < -0.3 is 9.80 Å². The highest BCUT2D eigenvalue weighted by Crippen LogP contribution is 2.39. The van der Waals surface area contributed by atoms with Crippen LogP contribution in [0.2, 0.25) is 5.02 Å². The van der Waals surface area contributed by atoms with Crippen LogP contribution in [0.15, 0.2) is 53.6 Å². The molecule has 1 N–H and O–H groups in total. The number of hydrogen-bond donors (Lipinski definition) is 1. The van der Waals surface area contributed by atoms with Crippen molar-refractivity contribution in [2.24, 2.45) is 11.0 Å². The van der Waals surface area contributed by atoms with Gasteiger partial charge in [0, 0.05) is 28.9 Å². The first-order valence-electron chi connectivity index (χ1n) is 11.1. The average molecular weight is 473 g/mol. The number of thioether (sulfide) groups is 1. The Morgan fingerprint density at radius 1 is 1.12 bits per heavy atom. The molecular formula is C24H26ClFN4OS. The number of nitrogens with zero attached hydrogens (tertiary/aromatic N) is 3. The molecule has 1 aliphatic carbocycles. The molecule has 2 heterocycles. The van der Waals surface area contributed by atoms with Gasteiger partial charge in [-0.1, -0.05) is 72.6 Å². The SMILES string of the molecule is O=C1C2CCCCC2N2C(SCc3c(F)cccc3Cl)=NNC2N1CCc1ccccc1. The average Bonchev–Trinajstić information content (AvgIpc) is 3.23. The van der Waals surface area contributed by atoms with Gasteiger partial charge in [-0.2, -0.15) is 5.10 Å². The third kappa shape index (κ3) is 4.08. The molecule has 0 radical (unpaired) electrons. The zero-order chi connectivity index (χ0) is 22.1. The number of hydrogen-bond acceptors (Lipinski definition) is 5. The molecule has 2 aromatic rings. The minimum atomic E-state index is -0.304. The van der Waals surface area contributed by atoms with E-state index < -0.39 is 0 Å². The van der Waals surface area contributed by atoms with Crippen molar-refractivity contribution in [1.29, 1.82) is 0 Å². The summed E-state index contributed by atoms with van der Waals surface area (Å²) < 4.78 is 14.3. The molecule has 8 heteroatoms. The maximum absolute atomic E-state index is 14.3. The van der Waals surface area contributed by atoms with Crippen LogP contribution in [0.1, 0.15) is 36.8 Å². The van der Waals surface area contributed by atoms with Crippen molar-refractivity contribution in [2.75, 3.05) is 6.54 Å². The van der Waals surface area contributed by atoms with E-state index in [1.165, 1.54) is 23.4 Å². The van der Waals surface area contributed by atoms with Crippen molar-refractivity contribution in [3.8, 4) is 0 Å². The lowest BCUT2D eigenvalue weighted by Crippen LogP contribution is -2.67. The number of amides is 1. The number of hydrazone groups is 1. The highest BCUT2D eigenvalue weighted by Gasteiger charge is 2.50. The van der Waals surface area contributed by atoms with E-state index in [9.17, 15) is 9.18 Å². The van der Waals surface area contributed by atoms with Crippen molar-refractivity contribution < 1.29 is 9.18 Å². The maximum atomic E-state index is 14.3. The number of carbonyl (C=O) groups excluding carboxylic acids is 1. The minimum absolute atomic E-state index is 0.0153. The summed E-state index contributed by atoms with van der Waals surface area (Å²) in [5, 5.41) is 5.82. The van der Waals surface area contributed by atoms with Crippen LogP contribution in [0.5, 0.6) is 0 Å². The first-order chi connectivity index (χ1) is 15.6.